The average molecular weight is 505 g/mol. The van der Waals surface area contributed by atoms with Gasteiger partial charge in [-0.05, 0) is 42.3 Å². The van der Waals surface area contributed by atoms with Gasteiger partial charge in [-0.3, -0.25) is 0 Å². The third-order valence-electron chi connectivity index (χ3n) is 4.96. The Morgan fingerprint density at radius 1 is 1.18 bits per heavy atom. The molecule has 0 bridgehead atoms. The van der Waals surface area contributed by atoms with Gasteiger partial charge in [0.1, 0.15) is 16.6 Å². The summed E-state index contributed by atoms with van der Waals surface area (Å²) in [4.78, 5) is 28.3. The summed E-state index contributed by atoms with van der Waals surface area (Å²) in [5.74, 6) is -0.0129. The van der Waals surface area contributed by atoms with Gasteiger partial charge in [0.2, 0.25) is 6.79 Å². The Morgan fingerprint density at radius 2 is 1.88 bits per heavy atom. The van der Waals surface area contributed by atoms with Gasteiger partial charge in [0.05, 0.1) is 6.54 Å². The van der Waals surface area contributed by atoms with E-state index in [4.69, 9.17) is 30.9 Å². The number of aryl methyl sites for hydroxylation is 1. The Labute approximate surface area is 204 Å². The second-order valence-corrected chi connectivity index (χ2v) is 8.85. The molecule has 2 heterocycles. The summed E-state index contributed by atoms with van der Waals surface area (Å²) in [6.45, 7) is 1.88. The van der Waals surface area contributed by atoms with E-state index >= 15 is 0 Å². The zero-order valence-electron chi connectivity index (χ0n) is 18.1. The van der Waals surface area contributed by atoms with E-state index in [-0.39, 0.29) is 19.0 Å². The molecule has 1 aliphatic rings. The lowest BCUT2D eigenvalue weighted by atomic mass is 10.2. The minimum absolute atomic E-state index is 0.0633. The number of aromatic carboxylic acids is 1. The van der Waals surface area contributed by atoms with Crippen LogP contribution in [-0.2, 0) is 17.8 Å². The van der Waals surface area contributed by atoms with Crippen LogP contribution in [0.4, 0.5) is 0 Å². The van der Waals surface area contributed by atoms with Crippen molar-refractivity contribution in [2.24, 2.45) is 0 Å². The smallest absolute Gasteiger partial charge is 0.355 e. The molecule has 0 saturated heterocycles. The third kappa shape index (κ3) is 5.23. The fourth-order valence-corrected chi connectivity index (χ4v) is 4.60. The third-order valence-corrected chi connectivity index (χ3v) is 6.30. The summed E-state index contributed by atoms with van der Waals surface area (Å²) < 4.78 is 17.6. The van der Waals surface area contributed by atoms with E-state index in [2.05, 4.69) is 4.98 Å². The Balaban J connectivity index is 1.65. The number of aliphatic carboxylic acids is 1. The van der Waals surface area contributed by atoms with Gasteiger partial charge in [-0.1, -0.05) is 30.3 Å². The minimum atomic E-state index is -1.10. The lowest BCUT2D eigenvalue weighted by Crippen LogP contribution is -2.13. The molecule has 34 heavy (non-hydrogen) atoms. The number of ether oxygens (including phenoxy) is 3. The van der Waals surface area contributed by atoms with Crippen molar-refractivity contribution in [1.29, 1.82) is 0 Å². The highest BCUT2D eigenvalue weighted by Gasteiger charge is 2.25. The summed E-state index contributed by atoms with van der Waals surface area (Å²) in [6.07, 6.45) is 1.37. The number of hydrogen-bond donors (Lipinski definition) is 2. The molecule has 0 amide bonds. The van der Waals surface area contributed by atoms with Crippen LogP contribution in [0, 0.1) is 0 Å². The van der Waals surface area contributed by atoms with E-state index < -0.39 is 18.5 Å². The predicted molar refractivity (Wildman–Crippen MR) is 124 cm³/mol. The number of carboxylic acids is 2. The topological polar surface area (TPSA) is 120 Å². The molecular weight excluding hydrogens is 484 g/mol. The first-order chi connectivity index (χ1) is 16.4. The van der Waals surface area contributed by atoms with Crippen molar-refractivity contribution in [2.45, 2.75) is 36.2 Å². The van der Waals surface area contributed by atoms with Gasteiger partial charge in [0, 0.05) is 22.4 Å². The molecule has 2 aromatic carbocycles. The summed E-state index contributed by atoms with van der Waals surface area (Å²) in [7, 11) is 0. The number of halogens is 1. The highest BCUT2D eigenvalue weighted by molar-refractivity contribution is 7.99. The molecule has 11 heteroatoms. The molecule has 0 spiro atoms. The molecule has 2 N–H and O–H groups in total. The molecule has 0 aliphatic carbocycles. The SMILES string of the molecule is CCCc1nc(Sc2ccc(OCC(=O)O)cc2)c(C(=O)O)n1Cc1cc2c(cc1Cl)OCO2. The van der Waals surface area contributed by atoms with E-state index in [1.54, 1.807) is 41.0 Å². The van der Waals surface area contributed by atoms with Crippen molar-refractivity contribution in [3.8, 4) is 17.2 Å². The molecular formula is C23H21ClN2O7S. The normalized spacial score (nSPS) is 12.1. The maximum atomic E-state index is 12.3. The number of rotatable bonds is 10. The van der Waals surface area contributed by atoms with Crippen LogP contribution in [-0.4, -0.2) is 45.1 Å². The Bertz CT molecular complexity index is 1230. The standard InChI is InChI=1S/C23H21ClN2O7S/c1-2-3-19-25-22(34-15-6-4-14(5-7-15)31-11-20(27)28)21(23(29)30)26(19)10-13-8-17-18(9-16(13)24)33-12-32-17/h4-9H,2-3,10-12H2,1H3,(H,27,28)(H,29,30). The Hall–Kier alpha value is -3.37. The van der Waals surface area contributed by atoms with Crippen molar-refractivity contribution in [1.82, 2.24) is 9.55 Å². The largest absolute Gasteiger partial charge is 0.482 e. The van der Waals surface area contributed by atoms with E-state index in [0.717, 1.165) is 11.3 Å². The maximum absolute atomic E-state index is 12.3. The second kappa shape index (κ2) is 10.3. The van der Waals surface area contributed by atoms with Gasteiger partial charge in [-0.15, -0.1) is 0 Å². The van der Waals surface area contributed by atoms with Gasteiger partial charge in [0.15, 0.2) is 23.8 Å². The van der Waals surface area contributed by atoms with Crippen molar-refractivity contribution in [3.05, 3.63) is 58.5 Å². The molecule has 0 radical (unpaired) electrons. The van der Waals surface area contributed by atoms with Crippen molar-refractivity contribution in [3.63, 3.8) is 0 Å². The number of imidazole rings is 1. The summed E-state index contributed by atoms with van der Waals surface area (Å²) in [5, 5.41) is 19.6. The van der Waals surface area contributed by atoms with Gasteiger partial charge in [-0.25, -0.2) is 14.6 Å². The predicted octanol–water partition coefficient (Wildman–Crippen LogP) is 4.58. The van der Waals surface area contributed by atoms with Crippen molar-refractivity contribution in [2.75, 3.05) is 13.4 Å². The zero-order chi connectivity index (χ0) is 24.2. The van der Waals surface area contributed by atoms with Crippen LogP contribution in [0.15, 0.2) is 46.3 Å². The highest BCUT2D eigenvalue weighted by atomic mass is 35.5. The molecule has 0 unspecified atom stereocenters. The molecule has 1 aromatic heterocycles. The lowest BCUT2D eigenvalue weighted by molar-refractivity contribution is -0.139. The number of carboxylic acid groups (broad SMARTS) is 2. The molecule has 3 aromatic rings. The van der Waals surface area contributed by atoms with Crippen LogP contribution in [0.5, 0.6) is 17.2 Å². The summed E-state index contributed by atoms with van der Waals surface area (Å²) >= 11 is 7.65. The van der Waals surface area contributed by atoms with Crippen molar-refractivity contribution >= 4 is 35.3 Å². The van der Waals surface area contributed by atoms with Crippen LogP contribution < -0.4 is 14.2 Å². The summed E-state index contributed by atoms with van der Waals surface area (Å²) in [5.41, 5.74) is 0.757. The van der Waals surface area contributed by atoms with Gasteiger partial charge in [0.25, 0.3) is 0 Å². The number of hydrogen-bond acceptors (Lipinski definition) is 7. The molecule has 4 rings (SSSR count). The number of fused-ring (bicyclic) bond motifs is 1. The van der Waals surface area contributed by atoms with Crippen LogP contribution in [0.2, 0.25) is 5.02 Å². The fourth-order valence-electron chi connectivity index (χ4n) is 3.45. The first kappa shape index (κ1) is 23.8. The van der Waals surface area contributed by atoms with Crippen LogP contribution >= 0.6 is 23.4 Å². The minimum Gasteiger partial charge on any atom is -0.482 e. The first-order valence-electron chi connectivity index (χ1n) is 10.4. The Kier molecular flexibility index (Phi) is 7.18. The second-order valence-electron chi connectivity index (χ2n) is 7.38. The number of benzene rings is 2. The quantitative estimate of drug-likeness (QED) is 0.408. The fraction of sp³-hybridized carbons (Fsp3) is 0.261. The lowest BCUT2D eigenvalue weighted by Gasteiger charge is -2.12. The molecule has 0 atom stereocenters. The number of aromatic nitrogens is 2. The van der Waals surface area contributed by atoms with Crippen molar-refractivity contribution < 1.29 is 34.0 Å². The molecule has 0 saturated carbocycles. The Morgan fingerprint density at radius 3 is 2.53 bits per heavy atom. The van der Waals surface area contributed by atoms with E-state index in [0.29, 0.717) is 45.1 Å². The van der Waals surface area contributed by atoms with Gasteiger partial charge < -0.3 is 29.0 Å². The van der Waals surface area contributed by atoms with Crippen LogP contribution in [0.25, 0.3) is 0 Å². The monoisotopic (exact) mass is 504 g/mol. The average Bonchev–Trinajstić information content (AvgIpc) is 3.38. The maximum Gasteiger partial charge on any atom is 0.355 e. The number of carbonyl (C=O) groups is 2. The van der Waals surface area contributed by atoms with Gasteiger partial charge >= 0.3 is 11.9 Å². The number of nitrogens with zero attached hydrogens (tertiary/aromatic N) is 2. The molecule has 178 valence electrons. The summed E-state index contributed by atoms with van der Waals surface area (Å²) in [6, 6.07) is 10.1. The van der Waals surface area contributed by atoms with Crippen LogP contribution in [0.3, 0.4) is 0 Å². The molecule has 1 aliphatic heterocycles. The molecule has 9 nitrogen and oxygen atoms in total. The van der Waals surface area contributed by atoms with E-state index in [9.17, 15) is 14.7 Å². The van der Waals surface area contributed by atoms with E-state index in [1.165, 1.54) is 11.8 Å². The molecule has 0 fully saturated rings. The van der Waals surface area contributed by atoms with Crippen LogP contribution in [0.1, 0.15) is 35.2 Å². The van der Waals surface area contributed by atoms with Gasteiger partial charge in [-0.2, -0.15) is 0 Å². The first-order valence-corrected chi connectivity index (χ1v) is 11.6. The van der Waals surface area contributed by atoms with E-state index in [1.807, 2.05) is 6.92 Å². The zero-order valence-corrected chi connectivity index (χ0v) is 19.7. The highest BCUT2D eigenvalue weighted by Crippen LogP contribution is 2.38.